The van der Waals surface area contributed by atoms with Crippen LogP contribution < -0.4 is 10.5 Å². The van der Waals surface area contributed by atoms with Crippen LogP contribution in [-0.2, 0) is 6.42 Å². The second-order valence-corrected chi connectivity index (χ2v) is 4.62. The second kappa shape index (κ2) is 5.29. The minimum absolute atomic E-state index is 0.140. The third-order valence-electron chi connectivity index (χ3n) is 2.64. The number of nitrogens with two attached hydrogens (primary N) is 1. The molecule has 1 heterocycles. The molecular formula is C13H14FNOS. The molecule has 1 unspecified atom stereocenters. The van der Waals surface area contributed by atoms with Gasteiger partial charge in [0.05, 0.1) is 7.11 Å². The van der Waals surface area contributed by atoms with E-state index in [2.05, 4.69) is 5.38 Å². The van der Waals surface area contributed by atoms with Crippen molar-refractivity contribution in [2.24, 2.45) is 5.73 Å². The zero-order valence-corrected chi connectivity index (χ0v) is 10.3. The minimum Gasteiger partial charge on any atom is -0.494 e. The molecule has 2 N–H and O–H groups in total. The highest BCUT2D eigenvalue weighted by Crippen LogP contribution is 2.24. The van der Waals surface area contributed by atoms with Gasteiger partial charge in [0, 0.05) is 6.04 Å². The van der Waals surface area contributed by atoms with Crippen molar-refractivity contribution in [2.45, 2.75) is 12.5 Å². The predicted molar refractivity (Wildman–Crippen MR) is 67.9 cm³/mol. The van der Waals surface area contributed by atoms with Crippen molar-refractivity contribution in [3.05, 3.63) is 52.0 Å². The summed E-state index contributed by atoms with van der Waals surface area (Å²) in [4.78, 5) is 0. The lowest BCUT2D eigenvalue weighted by atomic mass is 10.0. The van der Waals surface area contributed by atoms with E-state index < -0.39 is 0 Å². The van der Waals surface area contributed by atoms with Gasteiger partial charge >= 0.3 is 0 Å². The lowest BCUT2D eigenvalue weighted by Crippen LogP contribution is -2.13. The number of ether oxygens (including phenoxy) is 1. The van der Waals surface area contributed by atoms with E-state index in [0.29, 0.717) is 0 Å². The average Bonchev–Trinajstić information content (AvgIpc) is 2.82. The Bertz CT molecular complexity index is 484. The van der Waals surface area contributed by atoms with Gasteiger partial charge in [0.15, 0.2) is 11.6 Å². The Morgan fingerprint density at radius 1 is 1.41 bits per heavy atom. The lowest BCUT2D eigenvalue weighted by Gasteiger charge is -2.12. The van der Waals surface area contributed by atoms with Gasteiger partial charge in [-0.3, -0.25) is 0 Å². The van der Waals surface area contributed by atoms with Gasteiger partial charge in [-0.05, 0) is 46.5 Å². The van der Waals surface area contributed by atoms with Gasteiger partial charge in [0.2, 0.25) is 0 Å². The Labute approximate surface area is 104 Å². The van der Waals surface area contributed by atoms with Crippen LogP contribution >= 0.6 is 11.3 Å². The molecule has 0 aliphatic rings. The third kappa shape index (κ3) is 2.84. The predicted octanol–water partition coefficient (Wildman–Crippen LogP) is 3.14. The number of benzene rings is 1. The number of thiophene rings is 1. The molecule has 4 heteroatoms. The van der Waals surface area contributed by atoms with Gasteiger partial charge in [0.25, 0.3) is 0 Å². The van der Waals surface area contributed by atoms with Gasteiger partial charge < -0.3 is 10.5 Å². The van der Waals surface area contributed by atoms with E-state index in [4.69, 9.17) is 10.5 Å². The molecule has 0 amide bonds. The number of methoxy groups -OCH3 is 1. The topological polar surface area (TPSA) is 35.2 Å². The SMILES string of the molecule is COc1cc(C(N)Cc2ccsc2)ccc1F. The van der Waals surface area contributed by atoms with Gasteiger partial charge in [-0.25, -0.2) is 4.39 Å². The molecule has 0 saturated heterocycles. The van der Waals surface area contributed by atoms with Crippen LogP contribution in [0.1, 0.15) is 17.2 Å². The quantitative estimate of drug-likeness (QED) is 0.906. The van der Waals surface area contributed by atoms with Gasteiger partial charge in [0.1, 0.15) is 0 Å². The number of halogens is 1. The molecule has 0 aliphatic heterocycles. The van der Waals surface area contributed by atoms with E-state index in [1.54, 1.807) is 23.5 Å². The molecule has 0 radical (unpaired) electrons. The number of rotatable bonds is 4. The molecule has 0 aliphatic carbocycles. The summed E-state index contributed by atoms with van der Waals surface area (Å²) >= 11 is 1.65. The summed E-state index contributed by atoms with van der Waals surface area (Å²) in [5.41, 5.74) is 8.17. The molecule has 17 heavy (non-hydrogen) atoms. The zero-order chi connectivity index (χ0) is 12.3. The van der Waals surface area contributed by atoms with E-state index in [1.165, 1.54) is 18.7 Å². The summed E-state index contributed by atoms with van der Waals surface area (Å²) < 4.78 is 18.2. The molecule has 0 spiro atoms. The normalized spacial score (nSPS) is 12.4. The monoisotopic (exact) mass is 251 g/mol. The Kier molecular flexibility index (Phi) is 3.76. The van der Waals surface area contributed by atoms with E-state index >= 15 is 0 Å². The first-order valence-corrected chi connectivity index (χ1v) is 6.25. The smallest absolute Gasteiger partial charge is 0.165 e. The summed E-state index contributed by atoms with van der Waals surface area (Å²) in [5, 5.41) is 4.09. The van der Waals surface area contributed by atoms with Crippen LogP contribution in [-0.4, -0.2) is 7.11 Å². The van der Waals surface area contributed by atoms with Gasteiger partial charge in [-0.15, -0.1) is 0 Å². The molecule has 2 nitrogen and oxygen atoms in total. The Morgan fingerprint density at radius 3 is 2.88 bits per heavy atom. The van der Waals surface area contributed by atoms with Crippen molar-refractivity contribution in [2.75, 3.05) is 7.11 Å². The third-order valence-corrected chi connectivity index (χ3v) is 3.37. The van der Waals surface area contributed by atoms with Crippen molar-refractivity contribution in [1.82, 2.24) is 0 Å². The highest BCUT2D eigenvalue weighted by molar-refractivity contribution is 7.07. The molecule has 1 aromatic heterocycles. The maximum atomic E-state index is 13.2. The fraction of sp³-hybridized carbons (Fsp3) is 0.231. The van der Waals surface area contributed by atoms with Gasteiger partial charge in [-0.2, -0.15) is 11.3 Å². The summed E-state index contributed by atoms with van der Waals surface area (Å²) in [6, 6.07) is 6.66. The first-order chi connectivity index (χ1) is 8.20. The molecule has 2 rings (SSSR count). The van der Waals surface area contributed by atoms with E-state index in [-0.39, 0.29) is 17.6 Å². The maximum absolute atomic E-state index is 13.2. The molecule has 90 valence electrons. The van der Waals surface area contributed by atoms with Crippen molar-refractivity contribution < 1.29 is 9.13 Å². The molecule has 0 bridgehead atoms. The first kappa shape index (κ1) is 12.1. The van der Waals surface area contributed by atoms with Crippen LogP contribution in [0.4, 0.5) is 4.39 Å². The van der Waals surface area contributed by atoms with Crippen molar-refractivity contribution in [3.8, 4) is 5.75 Å². The standard InChI is InChI=1S/C13H14FNOS/c1-16-13-7-10(2-3-11(13)14)12(15)6-9-4-5-17-8-9/h2-5,7-8,12H,6,15H2,1H3. The summed E-state index contributed by atoms with van der Waals surface area (Å²) in [5.74, 6) is -0.123. The Morgan fingerprint density at radius 2 is 2.24 bits per heavy atom. The molecular weight excluding hydrogens is 237 g/mol. The lowest BCUT2D eigenvalue weighted by molar-refractivity contribution is 0.385. The highest BCUT2D eigenvalue weighted by Gasteiger charge is 2.10. The maximum Gasteiger partial charge on any atom is 0.165 e. The fourth-order valence-electron chi connectivity index (χ4n) is 1.69. The minimum atomic E-state index is -0.362. The summed E-state index contributed by atoms with van der Waals surface area (Å²) in [6.45, 7) is 0. The Balaban J connectivity index is 2.16. The molecule has 2 aromatic rings. The second-order valence-electron chi connectivity index (χ2n) is 3.84. The first-order valence-electron chi connectivity index (χ1n) is 5.31. The van der Waals surface area contributed by atoms with Crippen LogP contribution in [0, 0.1) is 5.82 Å². The van der Waals surface area contributed by atoms with Crippen molar-refractivity contribution in [1.29, 1.82) is 0 Å². The number of hydrogen-bond donors (Lipinski definition) is 1. The zero-order valence-electron chi connectivity index (χ0n) is 9.52. The van der Waals surface area contributed by atoms with E-state index in [9.17, 15) is 4.39 Å². The Hall–Kier alpha value is -1.39. The van der Waals surface area contributed by atoms with E-state index in [0.717, 1.165) is 12.0 Å². The molecule has 1 atom stereocenters. The summed E-state index contributed by atoms with van der Waals surface area (Å²) in [7, 11) is 1.45. The van der Waals surface area contributed by atoms with Crippen LogP contribution in [0.2, 0.25) is 0 Å². The summed E-state index contributed by atoms with van der Waals surface area (Å²) in [6.07, 6.45) is 0.748. The van der Waals surface area contributed by atoms with E-state index in [1.807, 2.05) is 11.4 Å². The van der Waals surface area contributed by atoms with Crippen LogP contribution in [0.25, 0.3) is 0 Å². The molecule has 0 saturated carbocycles. The molecule has 0 fully saturated rings. The van der Waals surface area contributed by atoms with Crippen LogP contribution in [0.5, 0.6) is 5.75 Å². The average molecular weight is 251 g/mol. The fourth-order valence-corrected chi connectivity index (χ4v) is 2.37. The van der Waals surface area contributed by atoms with Gasteiger partial charge in [-0.1, -0.05) is 6.07 Å². The van der Waals surface area contributed by atoms with Crippen molar-refractivity contribution in [3.63, 3.8) is 0 Å². The largest absolute Gasteiger partial charge is 0.494 e. The van der Waals surface area contributed by atoms with Crippen LogP contribution in [0.15, 0.2) is 35.0 Å². The highest BCUT2D eigenvalue weighted by atomic mass is 32.1. The molecule has 1 aromatic carbocycles. The van der Waals surface area contributed by atoms with Crippen LogP contribution in [0.3, 0.4) is 0 Å². The van der Waals surface area contributed by atoms with Crippen molar-refractivity contribution >= 4 is 11.3 Å². The number of hydrogen-bond acceptors (Lipinski definition) is 3.